The van der Waals surface area contributed by atoms with Crippen LogP contribution in [-0.2, 0) is 44.7 Å². The molecule has 28 heavy (non-hydrogen) atoms. The number of rotatable bonds is 7. The Bertz CT molecular complexity index is 675. The number of aliphatic hydroxyl groups excluding tert-OH is 1. The zero-order valence-electron chi connectivity index (χ0n) is 15.9. The summed E-state index contributed by atoms with van der Waals surface area (Å²) in [7, 11) is 0. The summed E-state index contributed by atoms with van der Waals surface area (Å²) >= 11 is 0. The van der Waals surface area contributed by atoms with Gasteiger partial charge in [-0.3, -0.25) is 14.4 Å². The second-order valence-corrected chi connectivity index (χ2v) is 6.28. The van der Waals surface area contributed by atoms with Crippen LogP contribution in [0.2, 0.25) is 0 Å². The lowest BCUT2D eigenvalue weighted by Gasteiger charge is -2.43. The van der Waals surface area contributed by atoms with Crippen LogP contribution in [0.4, 0.5) is 0 Å². The van der Waals surface area contributed by atoms with E-state index in [0.29, 0.717) is 0 Å². The molecule has 1 aromatic carbocycles. The van der Waals surface area contributed by atoms with Gasteiger partial charge >= 0.3 is 17.9 Å². The van der Waals surface area contributed by atoms with Crippen LogP contribution in [0.25, 0.3) is 0 Å². The lowest BCUT2D eigenvalue weighted by Crippen LogP contribution is -2.62. The van der Waals surface area contributed by atoms with Gasteiger partial charge in [-0.25, -0.2) is 0 Å². The maximum absolute atomic E-state index is 11.6. The van der Waals surface area contributed by atoms with Gasteiger partial charge in [0, 0.05) is 20.8 Å². The molecule has 0 aliphatic carbocycles. The fourth-order valence-electron chi connectivity index (χ4n) is 2.84. The minimum Gasteiger partial charge on any atom is -0.463 e. The third-order valence-electron chi connectivity index (χ3n) is 3.95. The molecule has 0 saturated carbocycles. The Morgan fingerprint density at radius 2 is 1.54 bits per heavy atom. The molecule has 0 bridgehead atoms. The highest BCUT2D eigenvalue weighted by molar-refractivity contribution is 5.67. The van der Waals surface area contributed by atoms with Crippen LogP contribution in [0.1, 0.15) is 26.3 Å². The van der Waals surface area contributed by atoms with E-state index in [2.05, 4.69) is 0 Å². The molecular formula is C19H24O9. The average Bonchev–Trinajstić information content (AvgIpc) is 2.62. The number of benzene rings is 1. The van der Waals surface area contributed by atoms with Crippen molar-refractivity contribution in [3.05, 3.63) is 35.9 Å². The topological polar surface area (TPSA) is 118 Å². The van der Waals surface area contributed by atoms with Crippen molar-refractivity contribution >= 4 is 17.9 Å². The first-order valence-corrected chi connectivity index (χ1v) is 8.74. The first kappa shape index (κ1) is 21.8. The van der Waals surface area contributed by atoms with Gasteiger partial charge in [0.05, 0.1) is 6.61 Å². The number of hydrogen-bond acceptors (Lipinski definition) is 9. The smallest absolute Gasteiger partial charge is 0.303 e. The maximum Gasteiger partial charge on any atom is 0.303 e. The fourth-order valence-corrected chi connectivity index (χ4v) is 2.84. The number of carbonyl (C=O) groups excluding carboxylic acids is 3. The van der Waals surface area contributed by atoms with Gasteiger partial charge in [-0.1, -0.05) is 30.3 Å². The van der Waals surface area contributed by atoms with Gasteiger partial charge in [-0.05, 0) is 5.56 Å². The van der Waals surface area contributed by atoms with Gasteiger partial charge in [0.2, 0.25) is 0 Å². The molecule has 1 N–H and O–H groups in total. The van der Waals surface area contributed by atoms with Gasteiger partial charge in [0.1, 0.15) is 18.8 Å². The van der Waals surface area contributed by atoms with Gasteiger partial charge in [-0.15, -0.1) is 0 Å². The minimum atomic E-state index is -1.59. The Balaban J connectivity index is 2.26. The molecule has 1 fully saturated rings. The first-order chi connectivity index (χ1) is 13.3. The van der Waals surface area contributed by atoms with E-state index in [1.54, 1.807) is 0 Å². The molecule has 9 nitrogen and oxygen atoms in total. The number of ether oxygens (including phenoxy) is 5. The van der Waals surface area contributed by atoms with E-state index in [1.165, 1.54) is 13.8 Å². The van der Waals surface area contributed by atoms with Crippen LogP contribution in [0, 0.1) is 0 Å². The van der Waals surface area contributed by atoms with Crippen molar-refractivity contribution in [2.24, 2.45) is 0 Å². The second-order valence-electron chi connectivity index (χ2n) is 6.28. The molecule has 1 aliphatic rings. The number of esters is 3. The van der Waals surface area contributed by atoms with Crippen molar-refractivity contribution in [3.63, 3.8) is 0 Å². The third kappa shape index (κ3) is 6.29. The monoisotopic (exact) mass is 396 g/mol. The Morgan fingerprint density at radius 1 is 0.929 bits per heavy atom. The Kier molecular flexibility index (Phi) is 7.91. The highest BCUT2D eigenvalue weighted by atomic mass is 16.7. The predicted octanol–water partition coefficient (Wildman–Crippen LogP) is 0.716. The molecule has 2 rings (SSSR count). The molecule has 1 heterocycles. The molecule has 154 valence electrons. The molecule has 5 atom stereocenters. The zero-order chi connectivity index (χ0) is 20.7. The Morgan fingerprint density at radius 3 is 2.11 bits per heavy atom. The molecule has 0 aromatic heterocycles. The fraction of sp³-hybridized carbons (Fsp3) is 0.526. The molecule has 1 aromatic rings. The molecular weight excluding hydrogens is 372 g/mol. The van der Waals surface area contributed by atoms with E-state index < -0.39 is 48.6 Å². The summed E-state index contributed by atoms with van der Waals surface area (Å²) in [6.07, 6.45) is -5.95. The summed E-state index contributed by atoms with van der Waals surface area (Å²) in [5, 5.41) is 10.3. The highest BCUT2D eigenvalue weighted by Gasteiger charge is 2.50. The zero-order valence-corrected chi connectivity index (χ0v) is 15.9. The standard InChI is InChI=1S/C19H24O9/c1-11(20)24-10-15-16(25-9-14-7-5-4-6-8-14)17(26-12(2)21)18(19(23)28-15)27-13(3)22/h4-8,15-19,23H,9-10H2,1-3H3/t15-,16-,17+,18+,19?/m1/s1. The van der Waals surface area contributed by atoms with Gasteiger partial charge in [-0.2, -0.15) is 0 Å². The van der Waals surface area contributed by atoms with Gasteiger partial charge < -0.3 is 28.8 Å². The van der Waals surface area contributed by atoms with Crippen LogP contribution >= 0.6 is 0 Å². The quantitative estimate of drug-likeness (QED) is 0.525. The summed E-state index contributed by atoms with van der Waals surface area (Å²) < 4.78 is 26.7. The SMILES string of the molecule is CC(=O)OC[C@H]1OC(O)[C@@H](OC(C)=O)[C@@H](OC(C)=O)[C@@H]1OCc1ccccc1. The number of hydrogen-bond donors (Lipinski definition) is 1. The van der Waals surface area contributed by atoms with E-state index in [-0.39, 0.29) is 13.2 Å². The summed E-state index contributed by atoms with van der Waals surface area (Å²) in [5.41, 5.74) is 0.838. The predicted molar refractivity (Wildman–Crippen MR) is 93.6 cm³/mol. The minimum absolute atomic E-state index is 0.131. The first-order valence-electron chi connectivity index (χ1n) is 8.74. The summed E-state index contributed by atoms with van der Waals surface area (Å²) in [6, 6.07) is 9.20. The Hall–Kier alpha value is -2.49. The van der Waals surface area contributed by atoms with Gasteiger partial charge in [0.15, 0.2) is 18.5 Å². The van der Waals surface area contributed by atoms with Crippen molar-refractivity contribution < 1.29 is 43.2 Å². The van der Waals surface area contributed by atoms with E-state index in [9.17, 15) is 19.5 Å². The van der Waals surface area contributed by atoms with Crippen molar-refractivity contribution in [1.29, 1.82) is 0 Å². The average molecular weight is 396 g/mol. The second kappa shape index (κ2) is 10.2. The largest absolute Gasteiger partial charge is 0.463 e. The molecule has 0 radical (unpaired) electrons. The lowest BCUT2D eigenvalue weighted by molar-refractivity contribution is -0.301. The maximum atomic E-state index is 11.6. The third-order valence-corrected chi connectivity index (χ3v) is 3.95. The lowest BCUT2D eigenvalue weighted by atomic mass is 9.98. The van der Waals surface area contributed by atoms with Crippen LogP contribution in [0.5, 0.6) is 0 Å². The summed E-state index contributed by atoms with van der Waals surface area (Å²) in [4.78, 5) is 34.2. The highest BCUT2D eigenvalue weighted by Crippen LogP contribution is 2.28. The number of carbonyl (C=O) groups is 3. The van der Waals surface area contributed by atoms with Crippen molar-refractivity contribution in [3.8, 4) is 0 Å². The van der Waals surface area contributed by atoms with E-state index in [4.69, 9.17) is 23.7 Å². The molecule has 9 heteroatoms. The molecule has 1 saturated heterocycles. The number of aliphatic hydroxyl groups is 1. The van der Waals surface area contributed by atoms with Gasteiger partial charge in [0.25, 0.3) is 0 Å². The van der Waals surface area contributed by atoms with Crippen molar-refractivity contribution in [2.75, 3.05) is 6.61 Å². The van der Waals surface area contributed by atoms with Crippen molar-refractivity contribution in [1.82, 2.24) is 0 Å². The molecule has 0 spiro atoms. The van der Waals surface area contributed by atoms with E-state index >= 15 is 0 Å². The van der Waals surface area contributed by atoms with Crippen LogP contribution in [0.3, 0.4) is 0 Å². The molecule has 1 aliphatic heterocycles. The van der Waals surface area contributed by atoms with Crippen molar-refractivity contribution in [2.45, 2.75) is 58.1 Å². The summed E-state index contributed by atoms with van der Waals surface area (Å²) in [5.74, 6) is -1.90. The van der Waals surface area contributed by atoms with Crippen LogP contribution in [-0.4, -0.2) is 60.3 Å². The molecule has 1 unspecified atom stereocenters. The van der Waals surface area contributed by atoms with Crippen LogP contribution < -0.4 is 0 Å². The van der Waals surface area contributed by atoms with E-state index in [1.807, 2.05) is 30.3 Å². The van der Waals surface area contributed by atoms with Crippen LogP contribution in [0.15, 0.2) is 30.3 Å². The summed E-state index contributed by atoms with van der Waals surface area (Å²) in [6.45, 7) is 3.46. The molecule has 0 amide bonds. The normalized spacial score (nSPS) is 26.9. The van der Waals surface area contributed by atoms with E-state index in [0.717, 1.165) is 12.5 Å². The Labute approximate surface area is 162 Å².